The maximum Gasteiger partial charge on any atom is 0.272 e. The summed E-state index contributed by atoms with van der Waals surface area (Å²) in [6.07, 6.45) is 1.68. The largest absolute Gasteiger partial charge is 0.381 e. The lowest BCUT2D eigenvalue weighted by atomic mass is 10.1. The Morgan fingerprint density at radius 3 is 2.79 bits per heavy atom. The molecule has 0 amide bonds. The summed E-state index contributed by atoms with van der Waals surface area (Å²) in [5, 5.41) is 18.6. The first-order valence-corrected chi connectivity index (χ1v) is 6.00. The highest BCUT2D eigenvalue weighted by molar-refractivity contribution is 5.49. The number of benzene rings is 1. The minimum absolute atomic E-state index is 0.0916. The summed E-state index contributed by atoms with van der Waals surface area (Å²) in [5.41, 5.74) is 8.01. The number of nitro groups is 1. The lowest BCUT2D eigenvalue weighted by Gasteiger charge is -2.07. The van der Waals surface area contributed by atoms with Crippen molar-refractivity contribution in [3.05, 3.63) is 39.6 Å². The third-order valence-electron chi connectivity index (χ3n) is 2.90. The molecule has 1 aromatic carbocycles. The second-order valence-electron chi connectivity index (χ2n) is 4.31. The van der Waals surface area contributed by atoms with Crippen LogP contribution < -0.4 is 5.73 Å². The molecular weight excluding hydrogens is 246 g/mol. The number of hydrogen-bond acceptors (Lipinski definition) is 5. The van der Waals surface area contributed by atoms with Crippen LogP contribution in [0.5, 0.6) is 0 Å². The molecule has 2 aromatic rings. The van der Waals surface area contributed by atoms with Crippen molar-refractivity contribution in [2.75, 3.05) is 5.73 Å². The van der Waals surface area contributed by atoms with Gasteiger partial charge in [0.15, 0.2) is 5.82 Å². The first-order chi connectivity index (χ1) is 9.04. The van der Waals surface area contributed by atoms with E-state index >= 15 is 0 Å². The van der Waals surface area contributed by atoms with Crippen molar-refractivity contribution >= 4 is 11.5 Å². The molecule has 7 nitrogen and oxygen atoms in total. The summed E-state index contributed by atoms with van der Waals surface area (Å²) >= 11 is 0. The van der Waals surface area contributed by atoms with E-state index in [4.69, 9.17) is 5.73 Å². The molecule has 19 heavy (non-hydrogen) atoms. The lowest BCUT2D eigenvalue weighted by molar-refractivity contribution is -0.385. The number of nitro benzene ring substituents is 1. The van der Waals surface area contributed by atoms with E-state index in [-0.39, 0.29) is 5.69 Å². The quantitative estimate of drug-likeness (QED) is 0.670. The van der Waals surface area contributed by atoms with Crippen molar-refractivity contribution < 1.29 is 4.92 Å². The van der Waals surface area contributed by atoms with Crippen LogP contribution in [0.15, 0.2) is 18.2 Å². The summed E-state index contributed by atoms with van der Waals surface area (Å²) in [6.45, 7) is 3.74. The van der Waals surface area contributed by atoms with E-state index in [1.54, 1.807) is 23.7 Å². The SMILES string of the molecule is CCCc1c(N)nnn1-c1ccc([N+](=O)[O-])c(C)c1. The third kappa shape index (κ3) is 2.40. The second kappa shape index (κ2) is 5.05. The van der Waals surface area contributed by atoms with Gasteiger partial charge in [-0.3, -0.25) is 10.1 Å². The van der Waals surface area contributed by atoms with E-state index in [1.807, 2.05) is 6.92 Å². The summed E-state index contributed by atoms with van der Waals surface area (Å²) in [6, 6.07) is 4.84. The molecule has 0 spiro atoms. The van der Waals surface area contributed by atoms with Crippen molar-refractivity contribution in [3.63, 3.8) is 0 Å². The standard InChI is InChI=1S/C12H15N5O2/c1-3-4-11-12(13)14-15-16(11)9-5-6-10(17(18)19)8(2)7-9/h5-7H,3-4,13H2,1-2H3. The Kier molecular flexibility index (Phi) is 3.46. The molecule has 0 fully saturated rings. The van der Waals surface area contributed by atoms with Gasteiger partial charge in [0, 0.05) is 11.6 Å². The minimum Gasteiger partial charge on any atom is -0.381 e. The first-order valence-electron chi connectivity index (χ1n) is 6.00. The molecule has 7 heteroatoms. The highest BCUT2D eigenvalue weighted by Gasteiger charge is 2.15. The fourth-order valence-electron chi connectivity index (χ4n) is 1.97. The number of aromatic nitrogens is 3. The maximum atomic E-state index is 10.8. The highest BCUT2D eigenvalue weighted by atomic mass is 16.6. The molecule has 2 N–H and O–H groups in total. The molecule has 0 bridgehead atoms. The minimum atomic E-state index is -0.401. The third-order valence-corrected chi connectivity index (χ3v) is 2.90. The Labute approximate surface area is 110 Å². The Balaban J connectivity index is 2.48. The van der Waals surface area contributed by atoms with Crippen molar-refractivity contribution in [1.82, 2.24) is 15.0 Å². The molecule has 0 aliphatic rings. The fraction of sp³-hybridized carbons (Fsp3) is 0.333. The maximum absolute atomic E-state index is 10.8. The van der Waals surface area contributed by atoms with Crippen LogP contribution in [0.4, 0.5) is 11.5 Å². The second-order valence-corrected chi connectivity index (χ2v) is 4.31. The number of anilines is 1. The van der Waals surface area contributed by atoms with Gasteiger partial charge in [-0.2, -0.15) is 0 Å². The van der Waals surface area contributed by atoms with E-state index in [0.717, 1.165) is 24.2 Å². The topological polar surface area (TPSA) is 99.9 Å². The van der Waals surface area contributed by atoms with E-state index in [1.165, 1.54) is 6.07 Å². The van der Waals surface area contributed by atoms with Gasteiger partial charge in [0.1, 0.15) is 0 Å². The zero-order valence-electron chi connectivity index (χ0n) is 10.8. The Hall–Kier alpha value is -2.44. The van der Waals surface area contributed by atoms with Crippen LogP contribution in [-0.4, -0.2) is 19.9 Å². The van der Waals surface area contributed by atoms with Crippen LogP contribution in [0, 0.1) is 17.0 Å². The van der Waals surface area contributed by atoms with E-state index < -0.39 is 4.92 Å². The van der Waals surface area contributed by atoms with Crippen molar-refractivity contribution in [2.45, 2.75) is 26.7 Å². The lowest BCUT2D eigenvalue weighted by Crippen LogP contribution is -2.04. The van der Waals surface area contributed by atoms with Crippen molar-refractivity contribution in [1.29, 1.82) is 0 Å². The van der Waals surface area contributed by atoms with Crippen LogP contribution in [0.3, 0.4) is 0 Å². The van der Waals surface area contributed by atoms with Gasteiger partial charge < -0.3 is 5.73 Å². The number of nitrogens with zero attached hydrogens (tertiary/aromatic N) is 4. The molecule has 0 radical (unpaired) electrons. The van der Waals surface area contributed by atoms with Crippen LogP contribution in [0.2, 0.25) is 0 Å². The average Bonchev–Trinajstić information content (AvgIpc) is 2.71. The molecule has 0 saturated carbocycles. The molecule has 0 saturated heterocycles. The van der Waals surface area contributed by atoms with Crippen LogP contribution in [0.25, 0.3) is 5.69 Å². The van der Waals surface area contributed by atoms with Crippen LogP contribution in [0.1, 0.15) is 24.6 Å². The number of nitrogens with two attached hydrogens (primary N) is 1. The number of aryl methyl sites for hydroxylation is 1. The van der Waals surface area contributed by atoms with E-state index in [0.29, 0.717) is 11.4 Å². The molecule has 2 rings (SSSR count). The zero-order chi connectivity index (χ0) is 14.0. The van der Waals surface area contributed by atoms with Gasteiger partial charge in [-0.15, -0.1) is 5.10 Å². The molecule has 0 unspecified atom stereocenters. The highest BCUT2D eigenvalue weighted by Crippen LogP contribution is 2.23. The average molecular weight is 261 g/mol. The normalized spacial score (nSPS) is 10.6. The first kappa shape index (κ1) is 13.0. The fourth-order valence-corrected chi connectivity index (χ4v) is 1.97. The monoisotopic (exact) mass is 261 g/mol. The molecule has 0 atom stereocenters. The molecular formula is C12H15N5O2. The van der Waals surface area contributed by atoms with Gasteiger partial charge in [0.05, 0.1) is 16.3 Å². The van der Waals surface area contributed by atoms with Gasteiger partial charge in [-0.1, -0.05) is 18.6 Å². The van der Waals surface area contributed by atoms with Gasteiger partial charge >= 0.3 is 0 Å². The summed E-state index contributed by atoms with van der Waals surface area (Å²) in [7, 11) is 0. The van der Waals surface area contributed by atoms with Crippen molar-refractivity contribution in [2.24, 2.45) is 0 Å². The van der Waals surface area contributed by atoms with Gasteiger partial charge in [0.2, 0.25) is 0 Å². The Morgan fingerprint density at radius 1 is 1.47 bits per heavy atom. The molecule has 1 aromatic heterocycles. The summed E-state index contributed by atoms with van der Waals surface area (Å²) in [4.78, 5) is 10.4. The zero-order valence-corrected chi connectivity index (χ0v) is 10.8. The Bertz CT molecular complexity index is 621. The number of rotatable bonds is 4. The van der Waals surface area contributed by atoms with E-state index in [9.17, 15) is 10.1 Å². The molecule has 100 valence electrons. The van der Waals surface area contributed by atoms with E-state index in [2.05, 4.69) is 10.3 Å². The number of hydrogen-bond donors (Lipinski definition) is 1. The Morgan fingerprint density at radius 2 is 2.21 bits per heavy atom. The summed E-state index contributed by atoms with van der Waals surface area (Å²) < 4.78 is 1.63. The van der Waals surface area contributed by atoms with Crippen LogP contribution >= 0.6 is 0 Å². The predicted molar refractivity (Wildman–Crippen MR) is 71.2 cm³/mol. The van der Waals surface area contributed by atoms with Crippen molar-refractivity contribution in [3.8, 4) is 5.69 Å². The smallest absolute Gasteiger partial charge is 0.272 e. The predicted octanol–water partition coefficient (Wildman–Crippen LogP) is 2.02. The number of nitrogen functional groups attached to an aromatic ring is 1. The van der Waals surface area contributed by atoms with Crippen LogP contribution in [-0.2, 0) is 6.42 Å². The van der Waals surface area contributed by atoms with Gasteiger partial charge in [0.25, 0.3) is 5.69 Å². The van der Waals surface area contributed by atoms with Gasteiger partial charge in [-0.25, -0.2) is 4.68 Å². The molecule has 0 aliphatic carbocycles. The summed E-state index contributed by atoms with van der Waals surface area (Å²) in [5.74, 6) is 0.401. The van der Waals surface area contributed by atoms with Gasteiger partial charge in [-0.05, 0) is 25.5 Å². The molecule has 1 heterocycles. The molecule has 0 aliphatic heterocycles.